The summed E-state index contributed by atoms with van der Waals surface area (Å²) in [4.78, 5) is 31.9. The van der Waals surface area contributed by atoms with Crippen molar-refractivity contribution in [3.05, 3.63) is 70.9 Å². The molecule has 0 unspecified atom stereocenters. The second-order valence-corrected chi connectivity index (χ2v) is 10.5. The number of hydrogen-bond donors (Lipinski definition) is 5. The van der Waals surface area contributed by atoms with Crippen LogP contribution < -0.4 is 14.8 Å². The number of carbonyl (C=O) groups excluding carboxylic acids is 2. The minimum atomic E-state index is -1.15. The number of aromatic amines is 1. The second kappa shape index (κ2) is 12.3. The van der Waals surface area contributed by atoms with E-state index in [4.69, 9.17) is 9.47 Å². The summed E-state index contributed by atoms with van der Waals surface area (Å²) in [5.74, 6) is -0.428. The number of para-hydroxylation sites is 1. The van der Waals surface area contributed by atoms with Crippen LogP contribution in [0.3, 0.4) is 0 Å². The fourth-order valence-corrected chi connectivity index (χ4v) is 6.00. The first kappa shape index (κ1) is 28.7. The SMILES string of the molecule is CCCC(=O)N(CCc1c[nH]c2ccccc12)[C@@H]1C=C(C(=O)NCCO)[C@@H]2c3cc(CO)cc(OC)c3O[C@@H]2[C@H]1O. The van der Waals surface area contributed by atoms with E-state index in [0.29, 0.717) is 54.0 Å². The molecule has 2 aliphatic rings. The molecule has 41 heavy (non-hydrogen) atoms. The van der Waals surface area contributed by atoms with Crippen LogP contribution in [-0.2, 0) is 22.6 Å². The van der Waals surface area contributed by atoms with E-state index in [0.717, 1.165) is 16.5 Å². The van der Waals surface area contributed by atoms with Gasteiger partial charge in [-0.1, -0.05) is 25.1 Å². The van der Waals surface area contributed by atoms with Gasteiger partial charge in [-0.15, -0.1) is 0 Å². The molecule has 4 atom stereocenters. The third kappa shape index (κ3) is 5.42. The number of nitrogens with one attached hydrogen (secondary N) is 2. The molecule has 0 radical (unpaired) electrons. The summed E-state index contributed by atoms with van der Waals surface area (Å²) in [6.07, 6.45) is 3.05. The average molecular weight is 564 g/mol. The van der Waals surface area contributed by atoms with Gasteiger partial charge < -0.3 is 40.0 Å². The van der Waals surface area contributed by atoms with Gasteiger partial charge in [-0.2, -0.15) is 0 Å². The highest BCUT2D eigenvalue weighted by atomic mass is 16.5. The van der Waals surface area contributed by atoms with Gasteiger partial charge in [0.25, 0.3) is 0 Å². The van der Waals surface area contributed by atoms with Crippen molar-refractivity contribution in [2.45, 2.75) is 57.0 Å². The fraction of sp³-hybridized carbons (Fsp3) is 0.419. The number of carbonyl (C=O) groups is 2. The topological polar surface area (TPSA) is 144 Å². The molecule has 2 aromatic carbocycles. The van der Waals surface area contributed by atoms with Crippen molar-refractivity contribution in [1.82, 2.24) is 15.2 Å². The molecule has 0 spiro atoms. The molecule has 1 aromatic heterocycles. The number of H-pyrrole nitrogens is 1. The molecule has 10 heteroatoms. The normalized spacial score (nSPS) is 21.0. The zero-order chi connectivity index (χ0) is 29.1. The van der Waals surface area contributed by atoms with Crippen LogP contribution in [0.4, 0.5) is 0 Å². The molecule has 0 fully saturated rings. The number of aliphatic hydroxyl groups excluding tert-OH is 3. The Balaban J connectivity index is 1.54. The molecule has 0 bridgehead atoms. The summed E-state index contributed by atoms with van der Waals surface area (Å²) in [7, 11) is 1.49. The van der Waals surface area contributed by atoms with Gasteiger partial charge in [-0.3, -0.25) is 9.59 Å². The lowest BCUT2D eigenvalue weighted by Crippen LogP contribution is -2.56. The van der Waals surface area contributed by atoms with Crippen LogP contribution in [0.1, 0.15) is 42.4 Å². The number of ether oxygens (including phenoxy) is 2. The number of amides is 2. The van der Waals surface area contributed by atoms with Crippen LogP contribution in [-0.4, -0.2) is 82.1 Å². The van der Waals surface area contributed by atoms with Crippen molar-refractivity contribution in [3.63, 3.8) is 0 Å². The Morgan fingerprint density at radius 1 is 1.20 bits per heavy atom. The quantitative estimate of drug-likeness (QED) is 0.241. The number of nitrogens with zero attached hydrogens (tertiary/aromatic N) is 1. The first-order chi connectivity index (χ1) is 19.9. The molecule has 218 valence electrons. The van der Waals surface area contributed by atoms with E-state index in [1.54, 1.807) is 23.1 Å². The number of fused-ring (bicyclic) bond motifs is 4. The zero-order valence-corrected chi connectivity index (χ0v) is 23.3. The van der Waals surface area contributed by atoms with E-state index in [2.05, 4.69) is 10.3 Å². The number of methoxy groups -OCH3 is 1. The molecule has 1 aliphatic carbocycles. The van der Waals surface area contributed by atoms with Gasteiger partial charge in [0.15, 0.2) is 11.5 Å². The van der Waals surface area contributed by atoms with Crippen molar-refractivity contribution in [2.24, 2.45) is 0 Å². The number of benzene rings is 2. The van der Waals surface area contributed by atoms with Gasteiger partial charge >= 0.3 is 0 Å². The monoisotopic (exact) mass is 563 g/mol. The highest BCUT2D eigenvalue weighted by Crippen LogP contribution is 2.51. The standard InChI is InChI=1S/C31H37N3O7/c1-3-6-26(37)34(11-9-19-16-33-23-8-5-4-7-20(19)23)24-15-22(31(39)32-10-12-35)27-21-13-18(17-36)14-25(40-2)29(21)41-30(27)28(24)38/h4-5,7-8,13-16,24,27-28,30,33,35-36,38H,3,6,9-12,17H2,1-2H3,(H,32,39)/t24-,27+,28+,30+/m1/s1. The third-order valence-electron chi connectivity index (χ3n) is 7.94. The van der Waals surface area contributed by atoms with Crippen molar-refractivity contribution in [2.75, 3.05) is 26.8 Å². The molecule has 5 N–H and O–H groups in total. The minimum Gasteiger partial charge on any atom is -0.493 e. The van der Waals surface area contributed by atoms with Gasteiger partial charge in [0, 0.05) is 47.7 Å². The van der Waals surface area contributed by atoms with Crippen molar-refractivity contribution in [1.29, 1.82) is 0 Å². The Hall–Kier alpha value is -3.86. The largest absolute Gasteiger partial charge is 0.493 e. The smallest absolute Gasteiger partial charge is 0.247 e. The maximum atomic E-state index is 13.5. The molecule has 10 nitrogen and oxygen atoms in total. The summed E-state index contributed by atoms with van der Waals surface area (Å²) >= 11 is 0. The van der Waals surface area contributed by atoms with Gasteiger partial charge in [-0.05, 0) is 48.2 Å². The van der Waals surface area contributed by atoms with Crippen LogP contribution >= 0.6 is 0 Å². The first-order valence-electron chi connectivity index (χ1n) is 14.0. The number of hydrogen-bond acceptors (Lipinski definition) is 7. The van der Waals surface area contributed by atoms with Gasteiger partial charge in [0.1, 0.15) is 12.2 Å². The molecule has 0 saturated carbocycles. The Bertz CT molecular complexity index is 1450. The maximum absolute atomic E-state index is 13.5. The van der Waals surface area contributed by atoms with Crippen LogP contribution in [0.5, 0.6) is 11.5 Å². The summed E-state index contributed by atoms with van der Waals surface area (Å²) < 4.78 is 11.8. The number of aliphatic hydroxyl groups is 3. The predicted molar refractivity (Wildman–Crippen MR) is 153 cm³/mol. The highest BCUT2D eigenvalue weighted by Gasteiger charge is 2.51. The van der Waals surface area contributed by atoms with Crippen LogP contribution in [0.25, 0.3) is 10.9 Å². The van der Waals surface area contributed by atoms with Crippen LogP contribution in [0, 0.1) is 0 Å². The van der Waals surface area contributed by atoms with Gasteiger partial charge in [0.05, 0.1) is 32.3 Å². The molecule has 2 amide bonds. The molecule has 5 rings (SSSR count). The van der Waals surface area contributed by atoms with E-state index in [1.165, 1.54) is 7.11 Å². The first-order valence-corrected chi connectivity index (χ1v) is 14.0. The number of rotatable bonds is 11. The van der Waals surface area contributed by atoms with E-state index >= 15 is 0 Å². The third-order valence-corrected chi connectivity index (χ3v) is 7.94. The second-order valence-electron chi connectivity index (χ2n) is 10.5. The lowest BCUT2D eigenvalue weighted by atomic mass is 9.77. The van der Waals surface area contributed by atoms with Crippen molar-refractivity contribution >= 4 is 22.7 Å². The highest BCUT2D eigenvalue weighted by molar-refractivity contribution is 5.96. The lowest BCUT2D eigenvalue weighted by molar-refractivity contribution is -0.137. The molecule has 0 saturated heterocycles. The summed E-state index contributed by atoms with van der Waals surface area (Å²) in [5, 5.41) is 34.7. The van der Waals surface area contributed by atoms with E-state index in [-0.39, 0.29) is 25.7 Å². The molecular weight excluding hydrogens is 526 g/mol. The molecule has 3 aromatic rings. The van der Waals surface area contributed by atoms with Crippen LogP contribution in [0.2, 0.25) is 0 Å². The maximum Gasteiger partial charge on any atom is 0.247 e. The molecule has 1 aliphatic heterocycles. The Labute approximate surface area is 238 Å². The zero-order valence-electron chi connectivity index (χ0n) is 23.3. The van der Waals surface area contributed by atoms with Gasteiger partial charge in [0.2, 0.25) is 11.8 Å². The molecular formula is C31H37N3O7. The Morgan fingerprint density at radius 2 is 2.00 bits per heavy atom. The summed E-state index contributed by atoms with van der Waals surface area (Å²) in [6.45, 7) is 1.82. The van der Waals surface area contributed by atoms with Gasteiger partial charge in [-0.25, -0.2) is 0 Å². The molecule has 2 heterocycles. The van der Waals surface area contributed by atoms with Crippen molar-refractivity contribution in [3.8, 4) is 11.5 Å². The summed E-state index contributed by atoms with van der Waals surface area (Å²) in [5.41, 5.74) is 3.58. The summed E-state index contributed by atoms with van der Waals surface area (Å²) in [6, 6.07) is 10.5. The van der Waals surface area contributed by atoms with E-state index < -0.39 is 30.1 Å². The Morgan fingerprint density at radius 3 is 2.73 bits per heavy atom. The van der Waals surface area contributed by atoms with Crippen LogP contribution in [0.15, 0.2) is 54.2 Å². The van der Waals surface area contributed by atoms with Crippen molar-refractivity contribution < 1.29 is 34.4 Å². The fourth-order valence-electron chi connectivity index (χ4n) is 6.00. The Kier molecular flexibility index (Phi) is 8.63. The number of aromatic nitrogens is 1. The average Bonchev–Trinajstić information content (AvgIpc) is 3.58. The lowest BCUT2D eigenvalue weighted by Gasteiger charge is -2.40. The van der Waals surface area contributed by atoms with E-state index in [9.17, 15) is 24.9 Å². The predicted octanol–water partition coefficient (Wildman–Crippen LogP) is 2.16. The van der Waals surface area contributed by atoms with E-state index in [1.807, 2.05) is 37.4 Å². The minimum absolute atomic E-state index is 0.0491.